The van der Waals surface area contributed by atoms with Crippen molar-refractivity contribution in [1.29, 1.82) is 0 Å². The van der Waals surface area contributed by atoms with Gasteiger partial charge in [-0.2, -0.15) is 0 Å². The van der Waals surface area contributed by atoms with Crippen molar-refractivity contribution in [2.24, 2.45) is 0 Å². The minimum Gasteiger partial charge on any atom is -0.255 e. The van der Waals surface area contributed by atoms with Gasteiger partial charge in [-0.05, 0) is 26.3 Å². The molecule has 0 N–H and O–H groups in total. The fraction of sp³-hybridized carbons (Fsp3) is 0.286. The Morgan fingerprint density at radius 1 is 0.812 bits per heavy atom. The van der Waals surface area contributed by atoms with Gasteiger partial charge in [0.2, 0.25) is 0 Å². The van der Waals surface area contributed by atoms with Crippen LogP contribution in [0.4, 0.5) is 0 Å². The van der Waals surface area contributed by atoms with Crippen LogP contribution in [0, 0.1) is 20.8 Å². The standard InChI is InChI=1S/C14H16N2/c1-10-11(2)16-14(12(3)15-10)9-13-7-5-4-6-8-13/h4-8H,9H2,1-3H3. The average Bonchev–Trinajstić information content (AvgIpc) is 2.27. The molecule has 0 saturated heterocycles. The maximum absolute atomic E-state index is 4.61. The largest absolute Gasteiger partial charge is 0.255 e. The summed E-state index contributed by atoms with van der Waals surface area (Å²) in [5.41, 5.74) is 5.44. The molecule has 82 valence electrons. The van der Waals surface area contributed by atoms with Crippen molar-refractivity contribution < 1.29 is 0 Å². The molecule has 0 aliphatic rings. The van der Waals surface area contributed by atoms with Gasteiger partial charge in [0.25, 0.3) is 0 Å². The molecule has 0 radical (unpaired) electrons. The van der Waals surface area contributed by atoms with Crippen molar-refractivity contribution in [1.82, 2.24) is 9.97 Å². The second-order valence-corrected chi connectivity index (χ2v) is 4.09. The molecule has 1 heterocycles. The highest BCUT2D eigenvalue weighted by molar-refractivity contribution is 5.25. The molecule has 0 aliphatic heterocycles. The summed E-state index contributed by atoms with van der Waals surface area (Å²) in [5, 5.41) is 0. The van der Waals surface area contributed by atoms with Gasteiger partial charge in [-0.3, -0.25) is 9.97 Å². The van der Waals surface area contributed by atoms with E-state index in [-0.39, 0.29) is 0 Å². The van der Waals surface area contributed by atoms with Gasteiger partial charge >= 0.3 is 0 Å². The predicted molar refractivity (Wildman–Crippen MR) is 65.5 cm³/mol. The van der Waals surface area contributed by atoms with Crippen LogP contribution in [0.3, 0.4) is 0 Å². The number of rotatable bonds is 2. The van der Waals surface area contributed by atoms with E-state index in [9.17, 15) is 0 Å². The molecule has 0 amide bonds. The second-order valence-electron chi connectivity index (χ2n) is 4.09. The lowest BCUT2D eigenvalue weighted by molar-refractivity contribution is 0.920. The zero-order valence-electron chi connectivity index (χ0n) is 9.99. The maximum Gasteiger partial charge on any atom is 0.0663 e. The Hall–Kier alpha value is -1.70. The number of aromatic nitrogens is 2. The number of benzene rings is 1. The van der Waals surface area contributed by atoms with E-state index in [4.69, 9.17) is 0 Å². The summed E-state index contributed by atoms with van der Waals surface area (Å²) in [6.07, 6.45) is 0.862. The first-order valence-corrected chi connectivity index (χ1v) is 5.51. The first-order chi connectivity index (χ1) is 7.66. The lowest BCUT2D eigenvalue weighted by Crippen LogP contribution is -2.03. The smallest absolute Gasteiger partial charge is 0.0663 e. The van der Waals surface area contributed by atoms with Crippen LogP contribution in [-0.4, -0.2) is 9.97 Å². The highest BCUT2D eigenvalue weighted by Crippen LogP contribution is 2.12. The van der Waals surface area contributed by atoms with Gasteiger partial charge in [0.15, 0.2) is 0 Å². The molecule has 1 aromatic heterocycles. The molecular formula is C14H16N2. The third-order valence-electron chi connectivity index (χ3n) is 2.79. The fourth-order valence-corrected chi connectivity index (χ4v) is 1.72. The van der Waals surface area contributed by atoms with Crippen molar-refractivity contribution in [3.63, 3.8) is 0 Å². The predicted octanol–water partition coefficient (Wildman–Crippen LogP) is 2.99. The third-order valence-corrected chi connectivity index (χ3v) is 2.79. The normalized spacial score (nSPS) is 10.4. The molecule has 0 bridgehead atoms. The first kappa shape index (κ1) is 10.8. The maximum atomic E-state index is 4.61. The highest BCUT2D eigenvalue weighted by atomic mass is 14.8. The molecule has 0 atom stereocenters. The Balaban J connectivity index is 2.32. The van der Waals surface area contributed by atoms with Crippen LogP contribution in [-0.2, 0) is 6.42 Å². The van der Waals surface area contributed by atoms with Gasteiger partial charge < -0.3 is 0 Å². The van der Waals surface area contributed by atoms with Crippen molar-refractivity contribution in [2.75, 3.05) is 0 Å². The van der Waals surface area contributed by atoms with Gasteiger partial charge in [0, 0.05) is 6.42 Å². The van der Waals surface area contributed by atoms with Gasteiger partial charge in [-0.15, -0.1) is 0 Å². The second kappa shape index (κ2) is 4.44. The molecule has 0 unspecified atom stereocenters. The first-order valence-electron chi connectivity index (χ1n) is 5.51. The minimum atomic E-state index is 0.862. The van der Waals surface area contributed by atoms with Crippen molar-refractivity contribution >= 4 is 0 Å². The monoisotopic (exact) mass is 212 g/mol. The summed E-state index contributed by atoms with van der Waals surface area (Å²) >= 11 is 0. The van der Waals surface area contributed by atoms with Crippen LogP contribution in [0.25, 0.3) is 0 Å². The van der Waals surface area contributed by atoms with Gasteiger partial charge in [-0.25, -0.2) is 0 Å². The highest BCUT2D eigenvalue weighted by Gasteiger charge is 2.05. The van der Waals surface area contributed by atoms with E-state index in [0.717, 1.165) is 29.2 Å². The number of nitrogens with zero attached hydrogens (tertiary/aromatic N) is 2. The summed E-state index contributed by atoms with van der Waals surface area (Å²) < 4.78 is 0. The Morgan fingerprint density at radius 2 is 1.44 bits per heavy atom. The number of hydrogen-bond donors (Lipinski definition) is 0. The van der Waals surface area contributed by atoms with Crippen LogP contribution >= 0.6 is 0 Å². The summed E-state index contributed by atoms with van der Waals surface area (Å²) in [7, 11) is 0. The minimum absolute atomic E-state index is 0.862. The molecule has 0 aliphatic carbocycles. The Bertz CT molecular complexity index is 490. The van der Waals surface area contributed by atoms with Gasteiger partial charge in [0.1, 0.15) is 0 Å². The van der Waals surface area contributed by atoms with Crippen LogP contribution in [0.2, 0.25) is 0 Å². The number of hydrogen-bond acceptors (Lipinski definition) is 2. The Labute approximate surface area is 96.4 Å². The lowest BCUT2D eigenvalue weighted by Gasteiger charge is -2.07. The SMILES string of the molecule is Cc1nc(C)c(Cc2ccccc2)nc1C. The van der Waals surface area contributed by atoms with Crippen molar-refractivity contribution in [2.45, 2.75) is 27.2 Å². The third kappa shape index (κ3) is 2.27. The van der Waals surface area contributed by atoms with E-state index in [1.54, 1.807) is 0 Å². The van der Waals surface area contributed by atoms with Crippen molar-refractivity contribution in [3.05, 3.63) is 58.7 Å². The molecule has 16 heavy (non-hydrogen) atoms. The topological polar surface area (TPSA) is 25.8 Å². The lowest BCUT2D eigenvalue weighted by atomic mass is 10.1. The van der Waals surface area contributed by atoms with Crippen LogP contribution in [0.1, 0.15) is 28.3 Å². The molecule has 0 saturated carbocycles. The fourth-order valence-electron chi connectivity index (χ4n) is 1.72. The summed E-state index contributed by atoms with van der Waals surface area (Å²) in [6.45, 7) is 6.04. The molecular weight excluding hydrogens is 196 g/mol. The summed E-state index contributed by atoms with van der Waals surface area (Å²) in [5.74, 6) is 0. The molecule has 1 aromatic carbocycles. The Kier molecular flexibility index (Phi) is 3.00. The van der Waals surface area contributed by atoms with E-state index in [1.807, 2.05) is 26.8 Å². The van der Waals surface area contributed by atoms with E-state index < -0.39 is 0 Å². The van der Waals surface area contributed by atoms with E-state index in [2.05, 4.69) is 34.2 Å². The zero-order chi connectivity index (χ0) is 11.5. The average molecular weight is 212 g/mol. The van der Waals surface area contributed by atoms with E-state index >= 15 is 0 Å². The Morgan fingerprint density at radius 3 is 2.12 bits per heavy atom. The van der Waals surface area contributed by atoms with E-state index in [0.29, 0.717) is 0 Å². The summed E-state index contributed by atoms with van der Waals surface area (Å²) in [6, 6.07) is 10.4. The van der Waals surface area contributed by atoms with Gasteiger partial charge in [-0.1, -0.05) is 30.3 Å². The quantitative estimate of drug-likeness (QED) is 0.764. The molecule has 2 nitrogen and oxygen atoms in total. The summed E-state index contributed by atoms with van der Waals surface area (Å²) in [4.78, 5) is 9.11. The molecule has 2 aromatic rings. The molecule has 0 spiro atoms. The molecule has 0 fully saturated rings. The molecule has 2 heteroatoms. The van der Waals surface area contributed by atoms with Gasteiger partial charge in [0.05, 0.1) is 22.8 Å². The van der Waals surface area contributed by atoms with Crippen LogP contribution in [0.5, 0.6) is 0 Å². The van der Waals surface area contributed by atoms with Crippen LogP contribution < -0.4 is 0 Å². The van der Waals surface area contributed by atoms with Crippen molar-refractivity contribution in [3.8, 4) is 0 Å². The zero-order valence-corrected chi connectivity index (χ0v) is 9.99. The number of aryl methyl sites for hydroxylation is 3. The van der Waals surface area contributed by atoms with E-state index in [1.165, 1.54) is 5.56 Å². The molecule has 2 rings (SSSR count). The van der Waals surface area contributed by atoms with Crippen LogP contribution in [0.15, 0.2) is 30.3 Å².